The first-order valence-electron chi connectivity index (χ1n) is 21.4. The molecule has 0 heterocycles. The van der Waals surface area contributed by atoms with Gasteiger partial charge in [-0.2, -0.15) is 0 Å². The molecule has 0 unspecified atom stereocenters. The van der Waals surface area contributed by atoms with Crippen LogP contribution in [0.1, 0.15) is 128 Å². The molecular formula is C58H56. The molecule has 0 atom stereocenters. The zero-order valence-corrected chi connectivity index (χ0v) is 36.5. The molecule has 0 spiro atoms. The molecule has 0 heteroatoms. The Balaban J connectivity index is 1.51. The van der Waals surface area contributed by atoms with Crippen LogP contribution in [0.25, 0.3) is 76.5 Å². The predicted molar refractivity (Wildman–Crippen MR) is 254 cm³/mol. The average Bonchev–Trinajstić information content (AvgIpc) is 3.69. The first-order valence-corrected chi connectivity index (χ1v) is 21.4. The number of hydrogen-bond acceptors (Lipinski definition) is 0. The fraction of sp³-hybridized carbons (Fsp3) is 0.276. The van der Waals surface area contributed by atoms with E-state index in [0.29, 0.717) is 0 Å². The SMILES string of the molecule is CC(C)(C)c1ccc2c3c(c4ccc(C(C)(C)C)cc4c2c1)-c1c(c2ccc(C(C)(C)C)cc2c2cc(C(C)(C)C)ccc12)C3=C1c2ccccc2-c2ccccc21. The molecule has 0 amide bonds. The van der Waals surface area contributed by atoms with Crippen molar-refractivity contribution in [1.29, 1.82) is 0 Å². The van der Waals surface area contributed by atoms with Crippen molar-refractivity contribution in [2.75, 3.05) is 0 Å². The molecule has 0 radical (unpaired) electrons. The molecular weight excluding hydrogens is 697 g/mol. The fourth-order valence-corrected chi connectivity index (χ4v) is 10.0. The molecule has 0 saturated heterocycles. The Labute approximate surface area is 345 Å². The Morgan fingerprint density at radius 2 is 0.500 bits per heavy atom. The molecule has 0 bridgehead atoms. The minimum absolute atomic E-state index is 0.0106. The third-order valence-electron chi connectivity index (χ3n) is 13.4. The van der Waals surface area contributed by atoms with E-state index >= 15 is 0 Å². The van der Waals surface area contributed by atoms with E-state index in [0.717, 1.165) is 0 Å². The van der Waals surface area contributed by atoms with Crippen molar-refractivity contribution in [3.05, 3.63) is 166 Å². The smallest absolute Gasteiger partial charge is 0.0000929 e. The van der Waals surface area contributed by atoms with E-state index in [9.17, 15) is 0 Å². The summed E-state index contributed by atoms with van der Waals surface area (Å²) in [5, 5.41) is 10.7. The van der Waals surface area contributed by atoms with Crippen molar-refractivity contribution in [2.24, 2.45) is 0 Å². The predicted octanol–water partition coefficient (Wildman–Crippen LogP) is 16.5. The molecule has 8 aromatic rings. The van der Waals surface area contributed by atoms with Gasteiger partial charge in [0.15, 0.2) is 0 Å². The van der Waals surface area contributed by atoms with Gasteiger partial charge in [-0.25, -0.2) is 0 Å². The van der Waals surface area contributed by atoms with Gasteiger partial charge in [0.05, 0.1) is 0 Å². The molecule has 0 aliphatic heterocycles. The van der Waals surface area contributed by atoms with Crippen LogP contribution in [0.5, 0.6) is 0 Å². The molecule has 10 rings (SSSR count). The lowest BCUT2D eigenvalue weighted by molar-refractivity contribution is 0.590. The van der Waals surface area contributed by atoms with Crippen molar-refractivity contribution in [3.63, 3.8) is 0 Å². The number of rotatable bonds is 0. The Kier molecular flexibility index (Phi) is 7.65. The first-order chi connectivity index (χ1) is 27.3. The van der Waals surface area contributed by atoms with Crippen molar-refractivity contribution < 1.29 is 0 Å². The highest BCUT2D eigenvalue weighted by Crippen LogP contribution is 2.61. The van der Waals surface area contributed by atoms with Gasteiger partial charge >= 0.3 is 0 Å². The monoisotopic (exact) mass is 752 g/mol. The molecule has 2 aliphatic rings. The normalized spacial score (nSPS) is 14.1. The van der Waals surface area contributed by atoms with Crippen LogP contribution in [0.3, 0.4) is 0 Å². The van der Waals surface area contributed by atoms with Crippen LogP contribution >= 0.6 is 0 Å². The highest BCUT2D eigenvalue weighted by molar-refractivity contribution is 6.35. The lowest BCUT2D eigenvalue weighted by Gasteiger charge is -2.24. The second-order valence-corrected chi connectivity index (χ2v) is 21.4. The van der Waals surface area contributed by atoms with Crippen LogP contribution in [0.2, 0.25) is 0 Å². The molecule has 0 saturated carbocycles. The highest BCUT2D eigenvalue weighted by atomic mass is 14.4. The van der Waals surface area contributed by atoms with Crippen LogP contribution in [0.4, 0.5) is 0 Å². The summed E-state index contributed by atoms with van der Waals surface area (Å²) in [6, 6.07) is 47.8. The van der Waals surface area contributed by atoms with Crippen LogP contribution in [0.15, 0.2) is 121 Å². The summed E-state index contributed by atoms with van der Waals surface area (Å²) in [6.07, 6.45) is 0. The molecule has 8 aromatic carbocycles. The van der Waals surface area contributed by atoms with Crippen molar-refractivity contribution in [1.82, 2.24) is 0 Å². The summed E-state index contributed by atoms with van der Waals surface area (Å²) in [4.78, 5) is 0. The second-order valence-electron chi connectivity index (χ2n) is 21.4. The summed E-state index contributed by atoms with van der Waals surface area (Å²) in [7, 11) is 0. The van der Waals surface area contributed by atoms with E-state index in [1.807, 2.05) is 0 Å². The van der Waals surface area contributed by atoms with Crippen LogP contribution in [-0.4, -0.2) is 0 Å². The molecule has 2 aliphatic carbocycles. The van der Waals surface area contributed by atoms with Gasteiger partial charge in [-0.1, -0.05) is 180 Å². The molecule has 0 aromatic heterocycles. The summed E-state index contributed by atoms with van der Waals surface area (Å²) < 4.78 is 0. The van der Waals surface area contributed by atoms with Crippen molar-refractivity contribution in [3.8, 4) is 22.3 Å². The van der Waals surface area contributed by atoms with Gasteiger partial charge in [-0.3, -0.25) is 0 Å². The van der Waals surface area contributed by atoms with Crippen molar-refractivity contribution >= 4 is 54.2 Å². The number of fused-ring (bicyclic) bond motifs is 16. The van der Waals surface area contributed by atoms with Crippen molar-refractivity contribution in [2.45, 2.75) is 105 Å². The van der Waals surface area contributed by atoms with Crippen LogP contribution < -0.4 is 0 Å². The van der Waals surface area contributed by atoms with E-state index < -0.39 is 0 Å². The fourth-order valence-electron chi connectivity index (χ4n) is 10.0. The molecule has 0 nitrogen and oxygen atoms in total. The van der Waals surface area contributed by atoms with Crippen LogP contribution in [-0.2, 0) is 21.7 Å². The highest BCUT2D eigenvalue weighted by Gasteiger charge is 2.38. The van der Waals surface area contributed by atoms with E-state index in [2.05, 4.69) is 204 Å². The third-order valence-corrected chi connectivity index (χ3v) is 13.4. The number of hydrogen-bond donors (Lipinski definition) is 0. The third kappa shape index (κ3) is 5.33. The summed E-state index contributed by atoms with van der Waals surface area (Å²) >= 11 is 0. The first kappa shape index (κ1) is 36.9. The minimum Gasteiger partial charge on any atom is -0.0616 e. The Bertz CT molecular complexity index is 2900. The molecule has 0 N–H and O–H groups in total. The molecule has 0 fully saturated rings. The maximum absolute atomic E-state index is 2.52. The van der Waals surface area contributed by atoms with Gasteiger partial charge in [0.2, 0.25) is 0 Å². The Morgan fingerprint density at radius 1 is 0.241 bits per heavy atom. The van der Waals surface area contributed by atoms with Gasteiger partial charge in [-0.05, 0) is 167 Å². The topological polar surface area (TPSA) is 0 Å². The van der Waals surface area contributed by atoms with Crippen LogP contribution in [0, 0.1) is 0 Å². The molecule has 288 valence electrons. The number of benzene rings is 8. The van der Waals surface area contributed by atoms with Gasteiger partial charge in [0.25, 0.3) is 0 Å². The zero-order valence-electron chi connectivity index (χ0n) is 36.5. The van der Waals surface area contributed by atoms with Gasteiger partial charge in [0.1, 0.15) is 0 Å². The summed E-state index contributed by atoms with van der Waals surface area (Å²) in [6.45, 7) is 28.1. The quantitative estimate of drug-likeness (QED) is 0.135. The lowest BCUT2D eigenvalue weighted by atomic mass is 9.80. The Hall–Kier alpha value is -5.46. The molecule has 58 heavy (non-hydrogen) atoms. The standard InChI is InChI=1S/C58H56/c1-55(2,3)33-21-25-41-45(29-33)47-31-35(57(7,8)9)23-27-43(47)52-50(41)51-42-26-22-34(56(4,5)6)30-46(42)48-32-36(58(10,11)12)24-28-44(48)53(51)54(52)49-39-19-15-13-17-37(39)38-18-14-16-20-40(38)49/h13-32H,1-12H3. The van der Waals surface area contributed by atoms with Gasteiger partial charge in [0, 0.05) is 0 Å². The van der Waals surface area contributed by atoms with E-state index in [1.165, 1.54) is 121 Å². The summed E-state index contributed by atoms with van der Waals surface area (Å²) in [5.74, 6) is 0. The average molecular weight is 753 g/mol. The van der Waals surface area contributed by atoms with E-state index in [-0.39, 0.29) is 21.7 Å². The summed E-state index contributed by atoms with van der Waals surface area (Å²) in [5.41, 5.74) is 19.0. The van der Waals surface area contributed by atoms with E-state index in [1.54, 1.807) is 0 Å². The zero-order chi connectivity index (χ0) is 40.8. The van der Waals surface area contributed by atoms with Gasteiger partial charge < -0.3 is 0 Å². The van der Waals surface area contributed by atoms with E-state index in [4.69, 9.17) is 0 Å². The Morgan fingerprint density at radius 3 is 0.776 bits per heavy atom. The van der Waals surface area contributed by atoms with Gasteiger partial charge in [-0.15, -0.1) is 0 Å². The second kappa shape index (κ2) is 12.0. The minimum atomic E-state index is 0.0106. The maximum Gasteiger partial charge on any atom is -0.0000929 e. The largest absolute Gasteiger partial charge is 0.0616 e. The maximum atomic E-state index is 2.52. The lowest BCUT2D eigenvalue weighted by Crippen LogP contribution is -2.11.